The highest BCUT2D eigenvalue weighted by molar-refractivity contribution is 5.92. The number of hydrogen-bond acceptors (Lipinski definition) is 5. The van der Waals surface area contributed by atoms with Crippen molar-refractivity contribution in [1.82, 2.24) is 9.97 Å². The number of hydrogen-bond donors (Lipinski definition) is 1. The van der Waals surface area contributed by atoms with E-state index in [1.807, 2.05) is 11.0 Å². The van der Waals surface area contributed by atoms with Gasteiger partial charge in [0.1, 0.15) is 17.1 Å². The lowest BCUT2D eigenvalue weighted by atomic mass is 9.90. The number of carboxylic acid groups (broad SMARTS) is 1. The van der Waals surface area contributed by atoms with Crippen LogP contribution in [0.2, 0.25) is 0 Å². The summed E-state index contributed by atoms with van der Waals surface area (Å²) in [7, 11) is 0. The van der Waals surface area contributed by atoms with E-state index < -0.39 is 5.97 Å². The van der Waals surface area contributed by atoms with Crippen LogP contribution >= 0.6 is 0 Å². The van der Waals surface area contributed by atoms with E-state index in [4.69, 9.17) is 0 Å². The third kappa shape index (κ3) is 2.46. The summed E-state index contributed by atoms with van der Waals surface area (Å²) in [4.78, 5) is 22.0. The minimum absolute atomic E-state index is 0.289. The van der Waals surface area contributed by atoms with Crippen molar-refractivity contribution in [2.45, 2.75) is 13.3 Å². The van der Waals surface area contributed by atoms with E-state index >= 15 is 0 Å². The molecule has 6 heteroatoms. The highest BCUT2D eigenvalue weighted by atomic mass is 16.4. The fourth-order valence-electron chi connectivity index (χ4n) is 3.12. The molecule has 1 aliphatic rings. The van der Waals surface area contributed by atoms with Crippen molar-refractivity contribution in [1.29, 1.82) is 5.26 Å². The van der Waals surface area contributed by atoms with Crippen molar-refractivity contribution in [3.8, 4) is 6.07 Å². The van der Waals surface area contributed by atoms with Crippen molar-refractivity contribution in [2.24, 2.45) is 11.8 Å². The van der Waals surface area contributed by atoms with Gasteiger partial charge in [-0.2, -0.15) is 5.26 Å². The lowest BCUT2D eigenvalue weighted by molar-refractivity contribution is -0.142. The van der Waals surface area contributed by atoms with Gasteiger partial charge in [0, 0.05) is 25.5 Å². The smallest absolute Gasteiger partial charge is 0.308 e. The Kier molecular flexibility index (Phi) is 3.63. The number of fused-ring (bicyclic) bond motifs is 1. The molecule has 22 heavy (non-hydrogen) atoms. The first-order chi connectivity index (χ1) is 10.6. The fourth-order valence-corrected chi connectivity index (χ4v) is 3.12. The van der Waals surface area contributed by atoms with Crippen LogP contribution in [-0.2, 0) is 4.79 Å². The molecule has 0 amide bonds. The Morgan fingerprint density at radius 3 is 2.73 bits per heavy atom. The van der Waals surface area contributed by atoms with Gasteiger partial charge in [0.2, 0.25) is 0 Å². The van der Waals surface area contributed by atoms with Gasteiger partial charge in [-0.3, -0.25) is 14.8 Å². The topological polar surface area (TPSA) is 90.1 Å². The third-order valence-corrected chi connectivity index (χ3v) is 4.07. The van der Waals surface area contributed by atoms with Crippen molar-refractivity contribution >= 4 is 22.7 Å². The Morgan fingerprint density at radius 2 is 2.05 bits per heavy atom. The number of nitrogens with zero attached hydrogens (tertiary/aromatic N) is 4. The SMILES string of the molecule is C[C@H]1C[C@@H](C(=O)O)CN(c2ccc(C#N)c3nccnc23)C1. The number of carboxylic acids is 1. The first kappa shape index (κ1) is 14.3. The summed E-state index contributed by atoms with van der Waals surface area (Å²) >= 11 is 0. The molecule has 1 fully saturated rings. The molecule has 0 aliphatic carbocycles. The zero-order valence-corrected chi connectivity index (χ0v) is 12.2. The Labute approximate surface area is 128 Å². The van der Waals surface area contributed by atoms with Gasteiger partial charge >= 0.3 is 5.97 Å². The van der Waals surface area contributed by atoms with Crippen LogP contribution < -0.4 is 4.90 Å². The van der Waals surface area contributed by atoms with Crippen molar-refractivity contribution in [2.75, 3.05) is 18.0 Å². The van der Waals surface area contributed by atoms with E-state index in [0.717, 1.165) is 12.2 Å². The quantitative estimate of drug-likeness (QED) is 0.912. The van der Waals surface area contributed by atoms with Gasteiger partial charge in [-0.1, -0.05) is 6.92 Å². The molecule has 0 spiro atoms. The second-order valence-electron chi connectivity index (χ2n) is 5.78. The van der Waals surface area contributed by atoms with Crippen LogP contribution in [-0.4, -0.2) is 34.1 Å². The summed E-state index contributed by atoms with van der Waals surface area (Å²) in [6, 6.07) is 5.68. The number of anilines is 1. The average Bonchev–Trinajstić information content (AvgIpc) is 2.53. The maximum absolute atomic E-state index is 11.3. The molecule has 1 aromatic carbocycles. The van der Waals surface area contributed by atoms with E-state index in [1.54, 1.807) is 18.5 Å². The second kappa shape index (κ2) is 5.60. The van der Waals surface area contributed by atoms with Crippen LogP contribution in [0.3, 0.4) is 0 Å². The molecular weight excluding hydrogens is 280 g/mol. The maximum atomic E-state index is 11.3. The zero-order chi connectivity index (χ0) is 15.7. The van der Waals surface area contributed by atoms with E-state index in [0.29, 0.717) is 29.6 Å². The number of rotatable bonds is 2. The third-order valence-electron chi connectivity index (χ3n) is 4.07. The van der Waals surface area contributed by atoms with Crippen LogP contribution in [0.1, 0.15) is 18.9 Å². The van der Waals surface area contributed by atoms with Crippen LogP contribution in [0.15, 0.2) is 24.5 Å². The molecule has 1 aliphatic heterocycles. The lowest BCUT2D eigenvalue weighted by Crippen LogP contribution is -2.42. The minimum Gasteiger partial charge on any atom is -0.481 e. The van der Waals surface area contributed by atoms with Gasteiger partial charge in [0.15, 0.2) is 0 Å². The molecule has 1 saturated heterocycles. The molecule has 1 N–H and O–H groups in total. The minimum atomic E-state index is -0.763. The van der Waals surface area contributed by atoms with Crippen molar-refractivity contribution in [3.05, 3.63) is 30.1 Å². The van der Waals surface area contributed by atoms with Gasteiger partial charge in [-0.15, -0.1) is 0 Å². The number of benzene rings is 1. The predicted octanol–water partition coefficient (Wildman–Crippen LogP) is 2.05. The molecule has 1 aromatic heterocycles. The maximum Gasteiger partial charge on any atom is 0.308 e. The number of carbonyl (C=O) groups is 1. The highest BCUT2D eigenvalue weighted by Crippen LogP contribution is 2.31. The molecule has 0 unspecified atom stereocenters. The normalized spacial score (nSPS) is 21.5. The first-order valence-electron chi connectivity index (χ1n) is 7.21. The van der Waals surface area contributed by atoms with Crippen molar-refractivity contribution < 1.29 is 9.90 Å². The standard InChI is InChI=1S/C16H16N4O2/c1-10-6-12(16(21)22)9-20(8-10)13-3-2-11(7-17)14-15(13)19-5-4-18-14/h2-5,10,12H,6,8-9H2,1H3,(H,21,22)/t10-,12+/m0/s1. The van der Waals surface area contributed by atoms with Gasteiger partial charge in [-0.05, 0) is 24.5 Å². The molecule has 2 heterocycles. The lowest BCUT2D eigenvalue weighted by Gasteiger charge is -2.36. The summed E-state index contributed by atoms with van der Waals surface area (Å²) in [5, 5.41) is 18.5. The van der Waals surface area contributed by atoms with E-state index in [2.05, 4.69) is 23.0 Å². The Bertz CT molecular complexity index is 768. The Morgan fingerprint density at radius 1 is 1.32 bits per heavy atom. The summed E-state index contributed by atoms with van der Waals surface area (Å²) < 4.78 is 0. The Balaban J connectivity index is 2.07. The van der Waals surface area contributed by atoms with Crippen molar-refractivity contribution in [3.63, 3.8) is 0 Å². The van der Waals surface area contributed by atoms with Crippen LogP contribution in [0.25, 0.3) is 11.0 Å². The monoisotopic (exact) mass is 296 g/mol. The van der Waals surface area contributed by atoms with Crippen LogP contribution in [0.4, 0.5) is 5.69 Å². The first-order valence-corrected chi connectivity index (χ1v) is 7.21. The molecule has 6 nitrogen and oxygen atoms in total. The number of aliphatic carboxylic acids is 1. The molecule has 0 saturated carbocycles. The predicted molar refractivity (Wildman–Crippen MR) is 81.4 cm³/mol. The molecular formula is C16H16N4O2. The number of piperidine rings is 1. The van der Waals surface area contributed by atoms with Gasteiger partial charge in [0.25, 0.3) is 0 Å². The summed E-state index contributed by atoms with van der Waals surface area (Å²) in [6.45, 7) is 3.29. The molecule has 2 atom stereocenters. The number of aromatic nitrogens is 2. The molecule has 0 bridgehead atoms. The Hall–Kier alpha value is -2.68. The fraction of sp³-hybridized carbons (Fsp3) is 0.375. The molecule has 3 rings (SSSR count). The average molecular weight is 296 g/mol. The summed E-state index contributed by atoms with van der Waals surface area (Å²) in [5.74, 6) is -0.857. The molecule has 2 aromatic rings. The second-order valence-corrected chi connectivity index (χ2v) is 5.78. The largest absolute Gasteiger partial charge is 0.481 e. The molecule has 112 valence electrons. The van der Waals surface area contributed by atoms with Gasteiger partial charge in [0.05, 0.1) is 17.2 Å². The van der Waals surface area contributed by atoms with E-state index in [9.17, 15) is 15.2 Å². The van der Waals surface area contributed by atoms with Crippen LogP contribution in [0, 0.1) is 23.2 Å². The van der Waals surface area contributed by atoms with Gasteiger partial charge in [-0.25, -0.2) is 0 Å². The molecule has 0 radical (unpaired) electrons. The van der Waals surface area contributed by atoms with E-state index in [1.165, 1.54) is 0 Å². The highest BCUT2D eigenvalue weighted by Gasteiger charge is 2.30. The van der Waals surface area contributed by atoms with E-state index in [-0.39, 0.29) is 11.8 Å². The van der Waals surface area contributed by atoms with Crippen LogP contribution in [0.5, 0.6) is 0 Å². The number of nitriles is 1. The van der Waals surface area contributed by atoms with Gasteiger partial charge < -0.3 is 10.0 Å². The zero-order valence-electron chi connectivity index (χ0n) is 12.2. The summed E-state index contributed by atoms with van der Waals surface area (Å²) in [5.41, 5.74) is 2.54. The summed E-state index contributed by atoms with van der Waals surface area (Å²) in [6.07, 6.45) is 3.84.